The van der Waals surface area contributed by atoms with Crippen molar-refractivity contribution in [3.8, 4) is 0 Å². The monoisotopic (exact) mass is 385 g/mol. The highest BCUT2D eigenvalue weighted by atomic mass is 35.5. The van der Waals surface area contributed by atoms with Crippen molar-refractivity contribution in [2.75, 3.05) is 17.2 Å². The third kappa shape index (κ3) is 5.62. The molecule has 0 spiro atoms. The molecular formula is C18H19ClF3N3O. The fourth-order valence-corrected chi connectivity index (χ4v) is 2.52. The molecule has 1 aromatic carbocycles. The maximum Gasteiger partial charge on any atom is 0.417 e. The first-order valence-corrected chi connectivity index (χ1v) is 8.56. The molecule has 1 aromatic heterocycles. The van der Waals surface area contributed by atoms with Crippen molar-refractivity contribution in [3.63, 3.8) is 0 Å². The van der Waals surface area contributed by atoms with Crippen LogP contribution in [-0.2, 0) is 6.18 Å². The largest absolute Gasteiger partial charge is 0.417 e. The summed E-state index contributed by atoms with van der Waals surface area (Å²) >= 11 is 5.58. The van der Waals surface area contributed by atoms with Gasteiger partial charge < -0.3 is 10.6 Å². The number of benzene rings is 1. The minimum Gasteiger partial charge on any atom is -0.384 e. The molecule has 8 heteroatoms. The first-order chi connectivity index (χ1) is 12.3. The smallest absolute Gasteiger partial charge is 0.384 e. The van der Waals surface area contributed by atoms with Crippen LogP contribution in [0.1, 0.15) is 42.1 Å². The molecule has 0 saturated heterocycles. The van der Waals surface area contributed by atoms with Crippen LogP contribution in [0.3, 0.4) is 0 Å². The second-order valence-corrected chi connectivity index (χ2v) is 6.15. The molecule has 0 fully saturated rings. The van der Waals surface area contributed by atoms with Gasteiger partial charge in [0.2, 0.25) is 0 Å². The van der Waals surface area contributed by atoms with E-state index in [0.29, 0.717) is 5.69 Å². The lowest BCUT2D eigenvalue weighted by Gasteiger charge is -2.12. The fourth-order valence-electron chi connectivity index (χ4n) is 2.29. The number of nitrogens with one attached hydrogen (secondary N) is 2. The van der Waals surface area contributed by atoms with E-state index in [-0.39, 0.29) is 11.3 Å². The predicted octanol–water partition coefficient (Wildman–Crippen LogP) is 5.61. The number of unbranched alkanes of at least 4 members (excludes halogenated alkanes) is 2. The Bertz CT molecular complexity index is 766. The molecule has 140 valence electrons. The Hall–Kier alpha value is -2.28. The zero-order valence-electron chi connectivity index (χ0n) is 14.2. The third-order valence-electron chi connectivity index (χ3n) is 3.64. The minimum absolute atomic E-state index is 0.00744. The van der Waals surface area contributed by atoms with E-state index in [1.165, 1.54) is 12.3 Å². The van der Waals surface area contributed by atoms with E-state index >= 15 is 0 Å². The van der Waals surface area contributed by atoms with E-state index in [2.05, 4.69) is 22.5 Å². The molecule has 0 aliphatic heterocycles. The van der Waals surface area contributed by atoms with E-state index in [1.54, 1.807) is 12.3 Å². The number of nitrogens with zero attached hydrogens (tertiary/aromatic N) is 1. The average molecular weight is 386 g/mol. The minimum atomic E-state index is -4.60. The normalized spacial score (nSPS) is 11.3. The molecule has 2 rings (SSSR count). The van der Waals surface area contributed by atoms with Crippen LogP contribution in [0, 0.1) is 0 Å². The molecule has 0 radical (unpaired) electrons. The third-order valence-corrected chi connectivity index (χ3v) is 3.97. The van der Waals surface area contributed by atoms with Crippen molar-refractivity contribution in [3.05, 3.63) is 52.8 Å². The number of hydrogen-bond acceptors (Lipinski definition) is 3. The first kappa shape index (κ1) is 20.0. The molecule has 2 aromatic rings. The van der Waals surface area contributed by atoms with Crippen LogP contribution < -0.4 is 10.6 Å². The van der Waals surface area contributed by atoms with Crippen molar-refractivity contribution in [2.24, 2.45) is 0 Å². The van der Waals surface area contributed by atoms with E-state index in [4.69, 9.17) is 11.6 Å². The molecule has 26 heavy (non-hydrogen) atoms. The molecule has 0 aliphatic rings. The van der Waals surface area contributed by atoms with Gasteiger partial charge in [-0.15, -0.1) is 0 Å². The van der Waals surface area contributed by atoms with Crippen LogP contribution >= 0.6 is 11.6 Å². The second kappa shape index (κ2) is 8.89. The SMILES string of the molecule is CCCCCNc1cncc(C(=O)Nc2ccc(Cl)c(C(F)(F)F)c2)c1. The van der Waals surface area contributed by atoms with E-state index < -0.39 is 22.7 Å². The number of amides is 1. The number of carbonyl (C=O) groups excluding carboxylic acids is 1. The van der Waals surface area contributed by atoms with Gasteiger partial charge in [-0.2, -0.15) is 13.2 Å². The topological polar surface area (TPSA) is 54.0 Å². The first-order valence-electron chi connectivity index (χ1n) is 8.18. The number of alkyl halides is 3. The lowest BCUT2D eigenvalue weighted by Crippen LogP contribution is -2.14. The van der Waals surface area contributed by atoms with Crippen molar-refractivity contribution in [1.29, 1.82) is 0 Å². The molecular weight excluding hydrogens is 367 g/mol. The Labute approximate surface area is 154 Å². The Morgan fingerprint density at radius 2 is 1.92 bits per heavy atom. The summed E-state index contributed by atoms with van der Waals surface area (Å²) < 4.78 is 38.7. The van der Waals surface area contributed by atoms with Crippen LogP contribution in [0.15, 0.2) is 36.7 Å². The van der Waals surface area contributed by atoms with Gasteiger partial charge in [0, 0.05) is 24.6 Å². The van der Waals surface area contributed by atoms with Gasteiger partial charge in [0.05, 0.1) is 21.8 Å². The number of anilines is 2. The van der Waals surface area contributed by atoms with Crippen LogP contribution in [-0.4, -0.2) is 17.4 Å². The number of rotatable bonds is 7. The van der Waals surface area contributed by atoms with Gasteiger partial charge in [0.1, 0.15) is 0 Å². The van der Waals surface area contributed by atoms with Crippen molar-refractivity contribution in [2.45, 2.75) is 32.4 Å². The summed E-state index contributed by atoms with van der Waals surface area (Å²) in [5.41, 5.74) is -0.0655. The molecule has 0 bridgehead atoms. The summed E-state index contributed by atoms with van der Waals surface area (Å²) in [4.78, 5) is 16.3. The molecule has 0 saturated carbocycles. The van der Waals surface area contributed by atoms with Crippen LogP contribution in [0.5, 0.6) is 0 Å². The van der Waals surface area contributed by atoms with E-state index in [9.17, 15) is 18.0 Å². The molecule has 4 nitrogen and oxygen atoms in total. The number of hydrogen-bond donors (Lipinski definition) is 2. The maximum absolute atomic E-state index is 12.9. The van der Waals surface area contributed by atoms with Crippen molar-refractivity contribution in [1.82, 2.24) is 4.98 Å². The predicted molar refractivity (Wildman–Crippen MR) is 96.7 cm³/mol. The quantitative estimate of drug-likeness (QED) is 0.609. The Kier molecular flexibility index (Phi) is 6.85. The van der Waals surface area contributed by atoms with Gasteiger partial charge in [-0.25, -0.2) is 0 Å². The highest BCUT2D eigenvalue weighted by Crippen LogP contribution is 2.36. The maximum atomic E-state index is 12.9. The Morgan fingerprint density at radius 1 is 1.15 bits per heavy atom. The fraction of sp³-hybridized carbons (Fsp3) is 0.333. The van der Waals surface area contributed by atoms with Gasteiger partial charge in [-0.05, 0) is 30.7 Å². The summed E-state index contributed by atoms with van der Waals surface area (Å²) in [6.07, 6.45) is 1.54. The summed E-state index contributed by atoms with van der Waals surface area (Å²) in [5.74, 6) is -0.551. The number of halogens is 4. The summed E-state index contributed by atoms with van der Waals surface area (Å²) in [6.45, 7) is 2.86. The van der Waals surface area contributed by atoms with Gasteiger partial charge in [0.25, 0.3) is 5.91 Å². The number of pyridine rings is 1. The zero-order chi connectivity index (χ0) is 19.2. The van der Waals surface area contributed by atoms with Gasteiger partial charge in [-0.1, -0.05) is 31.4 Å². The Morgan fingerprint density at radius 3 is 2.62 bits per heavy atom. The zero-order valence-corrected chi connectivity index (χ0v) is 14.9. The van der Waals surface area contributed by atoms with E-state index in [0.717, 1.165) is 37.9 Å². The van der Waals surface area contributed by atoms with Gasteiger partial charge in [0.15, 0.2) is 0 Å². The second-order valence-electron chi connectivity index (χ2n) is 5.74. The van der Waals surface area contributed by atoms with Crippen molar-refractivity contribution < 1.29 is 18.0 Å². The number of aromatic nitrogens is 1. The Balaban J connectivity index is 2.08. The molecule has 1 amide bonds. The molecule has 1 heterocycles. The molecule has 0 aliphatic carbocycles. The summed E-state index contributed by atoms with van der Waals surface area (Å²) in [7, 11) is 0. The lowest BCUT2D eigenvalue weighted by molar-refractivity contribution is -0.137. The van der Waals surface area contributed by atoms with E-state index in [1.807, 2.05) is 0 Å². The van der Waals surface area contributed by atoms with Crippen LogP contribution in [0.2, 0.25) is 5.02 Å². The van der Waals surface area contributed by atoms with Crippen LogP contribution in [0.4, 0.5) is 24.5 Å². The lowest BCUT2D eigenvalue weighted by atomic mass is 10.1. The summed E-state index contributed by atoms with van der Waals surface area (Å²) in [5, 5.41) is 5.18. The van der Waals surface area contributed by atoms with Gasteiger partial charge >= 0.3 is 6.18 Å². The van der Waals surface area contributed by atoms with Gasteiger partial charge in [-0.3, -0.25) is 9.78 Å². The average Bonchev–Trinajstić information content (AvgIpc) is 2.59. The highest BCUT2D eigenvalue weighted by molar-refractivity contribution is 6.31. The molecule has 2 N–H and O–H groups in total. The summed E-state index contributed by atoms with van der Waals surface area (Å²) in [6, 6.07) is 4.83. The molecule has 0 atom stereocenters. The molecule has 0 unspecified atom stereocenters. The highest BCUT2D eigenvalue weighted by Gasteiger charge is 2.33. The van der Waals surface area contributed by atoms with Crippen LogP contribution in [0.25, 0.3) is 0 Å². The van der Waals surface area contributed by atoms with Crippen molar-refractivity contribution >= 4 is 28.9 Å². The standard InChI is InChI=1S/C18H19ClF3N3O/c1-2-3-4-7-24-14-8-12(10-23-11-14)17(26)25-13-5-6-16(19)15(9-13)18(20,21)22/h5-6,8-11,24H,2-4,7H2,1H3,(H,25,26). The number of carbonyl (C=O) groups is 1.